The number of aldehydes is 1. The van der Waals surface area contributed by atoms with Gasteiger partial charge in [-0.1, -0.05) is 0 Å². The molecule has 6 heteroatoms. The van der Waals surface area contributed by atoms with E-state index in [2.05, 4.69) is 5.32 Å². The lowest BCUT2D eigenvalue weighted by molar-refractivity contribution is -0.173. The zero-order valence-electron chi connectivity index (χ0n) is 9.89. The number of nitrogens with zero attached hydrogens (tertiary/aromatic N) is 2. The number of amides is 2. The van der Waals surface area contributed by atoms with Crippen LogP contribution >= 0.6 is 0 Å². The maximum atomic E-state index is 12.2. The molecule has 6 nitrogen and oxygen atoms in total. The van der Waals surface area contributed by atoms with Gasteiger partial charge in [0.15, 0.2) is 0 Å². The number of rotatable bonds is 2. The van der Waals surface area contributed by atoms with E-state index < -0.39 is 6.04 Å². The van der Waals surface area contributed by atoms with E-state index >= 15 is 0 Å². The van der Waals surface area contributed by atoms with Gasteiger partial charge in [-0.05, 0) is 26.3 Å². The van der Waals surface area contributed by atoms with Crippen LogP contribution in [0.4, 0.5) is 0 Å². The third-order valence-electron chi connectivity index (χ3n) is 3.41. The molecule has 2 saturated heterocycles. The molecular formula is C11H17N3O3. The first-order chi connectivity index (χ1) is 8.19. The zero-order chi connectivity index (χ0) is 12.4. The zero-order valence-corrected chi connectivity index (χ0v) is 9.89. The van der Waals surface area contributed by atoms with Gasteiger partial charge in [0.2, 0.25) is 5.91 Å². The van der Waals surface area contributed by atoms with Crippen LogP contribution in [0, 0.1) is 0 Å². The van der Waals surface area contributed by atoms with Crippen molar-refractivity contribution in [1.82, 2.24) is 15.3 Å². The number of fused-ring (bicyclic) bond motifs is 1. The standard InChI is InChI=1S/C11H17N3O3/c1-12-9-4-5-10(16)13-6-2-3-8(7-15)14(13)11(9)17/h7-9,12H,2-6H2,1H3/t8-,9-/m0/s1. The minimum Gasteiger partial charge on any atom is -0.309 e. The molecule has 0 aromatic carbocycles. The molecule has 2 heterocycles. The van der Waals surface area contributed by atoms with Crippen molar-refractivity contribution in [3.05, 3.63) is 0 Å². The fourth-order valence-corrected chi connectivity index (χ4v) is 2.46. The molecule has 0 unspecified atom stereocenters. The van der Waals surface area contributed by atoms with Gasteiger partial charge in [-0.15, -0.1) is 0 Å². The van der Waals surface area contributed by atoms with E-state index in [1.54, 1.807) is 7.05 Å². The van der Waals surface area contributed by atoms with Crippen molar-refractivity contribution in [2.24, 2.45) is 0 Å². The highest BCUT2D eigenvalue weighted by Gasteiger charge is 2.40. The van der Waals surface area contributed by atoms with Gasteiger partial charge in [0.05, 0.1) is 6.04 Å². The molecule has 2 aliphatic rings. The normalized spacial score (nSPS) is 29.9. The first kappa shape index (κ1) is 12.0. The predicted octanol–water partition coefficient (Wildman–Crippen LogP) is -0.698. The largest absolute Gasteiger partial charge is 0.309 e. The summed E-state index contributed by atoms with van der Waals surface area (Å²) in [4.78, 5) is 35.2. The summed E-state index contributed by atoms with van der Waals surface area (Å²) >= 11 is 0. The maximum absolute atomic E-state index is 12.2. The average molecular weight is 239 g/mol. The smallest absolute Gasteiger partial charge is 0.258 e. The molecule has 0 bridgehead atoms. The Kier molecular flexibility index (Phi) is 3.42. The summed E-state index contributed by atoms with van der Waals surface area (Å²) in [5, 5.41) is 5.71. The average Bonchev–Trinajstić information content (AvgIpc) is 2.48. The maximum Gasteiger partial charge on any atom is 0.258 e. The third-order valence-corrected chi connectivity index (χ3v) is 3.41. The summed E-state index contributed by atoms with van der Waals surface area (Å²) in [6, 6.07) is -0.862. The van der Waals surface area contributed by atoms with Gasteiger partial charge >= 0.3 is 0 Å². The number of carbonyl (C=O) groups is 3. The SMILES string of the molecule is CN[C@H]1CCC(=O)N2CCC[C@@H](C=O)N2C1=O. The van der Waals surface area contributed by atoms with Crippen LogP contribution in [0.1, 0.15) is 25.7 Å². The molecule has 94 valence electrons. The number of likely N-dealkylation sites (N-methyl/N-ethyl adjacent to an activating group) is 1. The van der Waals surface area contributed by atoms with Gasteiger partial charge in [0.1, 0.15) is 12.3 Å². The molecule has 2 fully saturated rings. The molecule has 0 aliphatic carbocycles. The second-order valence-electron chi connectivity index (χ2n) is 4.43. The summed E-state index contributed by atoms with van der Waals surface area (Å²) in [5.41, 5.74) is 0. The van der Waals surface area contributed by atoms with E-state index in [0.717, 1.165) is 12.7 Å². The van der Waals surface area contributed by atoms with E-state index in [9.17, 15) is 14.4 Å². The number of hydrogen-bond acceptors (Lipinski definition) is 4. The van der Waals surface area contributed by atoms with Gasteiger partial charge in [0, 0.05) is 13.0 Å². The highest BCUT2D eigenvalue weighted by Crippen LogP contribution is 2.23. The van der Waals surface area contributed by atoms with Gasteiger partial charge in [-0.25, -0.2) is 5.01 Å². The molecule has 0 spiro atoms. The lowest BCUT2D eigenvalue weighted by atomic mass is 10.1. The fraction of sp³-hybridized carbons (Fsp3) is 0.727. The predicted molar refractivity (Wildman–Crippen MR) is 59.7 cm³/mol. The minimum absolute atomic E-state index is 0.0670. The Hall–Kier alpha value is -1.43. The summed E-state index contributed by atoms with van der Waals surface area (Å²) in [5.74, 6) is -0.238. The molecule has 1 N–H and O–H groups in total. The van der Waals surface area contributed by atoms with Crippen molar-refractivity contribution in [3.63, 3.8) is 0 Å². The van der Waals surface area contributed by atoms with Crippen LogP contribution in [0.25, 0.3) is 0 Å². The van der Waals surface area contributed by atoms with Crippen LogP contribution < -0.4 is 5.32 Å². The van der Waals surface area contributed by atoms with Crippen molar-refractivity contribution in [2.45, 2.75) is 37.8 Å². The third kappa shape index (κ3) is 2.04. The Morgan fingerprint density at radius 1 is 1.35 bits per heavy atom. The van der Waals surface area contributed by atoms with Crippen LogP contribution in [0.15, 0.2) is 0 Å². The molecule has 0 saturated carbocycles. The fourth-order valence-electron chi connectivity index (χ4n) is 2.46. The van der Waals surface area contributed by atoms with Gasteiger partial charge in [-0.2, -0.15) is 0 Å². The second-order valence-corrected chi connectivity index (χ2v) is 4.43. The summed E-state index contributed by atoms with van der Waals surface area (Å²) in [6.45, 7) is 0.533. The Bertz CT molecular complexity index is 345. The number of nitrogens with one attached hydrogen (secondary N) is 1. The van der Waals surface area contributed by atoms with E-state index in [0.29, 0.717) is 25.8 Å². The van der Waals surface area contributed by atoms with Crippen LogP contribution in [-0.4, -0.2) is 53.8 Å². The molecule has 2 rings (SSSR count). The first-order valence-electron chi connectivity index (χ1n) is 5.95. The van der Waals surface area contributed by atoms with Crippen molar-refractivity contribution in [2.75, 3.05) is 13.6 Å². The van der Waals surface area contributed by atoms with Gasteiger partial charge in [0.25, 0.3) is 5.91 Å². The Labute approximate surface area is 99.9 Å². The molecular weight excluding hydrogens is 222 g/mol. The lowest BCUT2D eigenvalue weighted by Crippen LogP contribution is -2.60. The van der Waals surface area contributed by atoms with Crippen LogP contribution in [0.5, 0.6) is 0 Å². The first-order valence-corrected chi connectivity index (χ1v) is 5.95. The van der Waals surface area contributed by atoms with Crippen LogP contribution in [0.3, 0.4) is 0 Å². The monoisotopic (exact) mass is 239 g/mol. The Morgan fingerprint density at radius 2 is 2.12 bits per heavy atom. The van der Waals surface area contributed by atoms with Crippen LogP contribution in [0.2, 0.25) is 0 Å². The summed E-state index contributed by atoms with van der Waals surface area (Å²) in [6.07, 6.45) is 3.00. The van der Waals surface area contributed by atoms with Crippen molar-refractivity contribution in [1.29, 1.82) is 0 Å². The Morgan fingerprint density at radius 3 is 2.76 bits per heavy atom. The highest BCUT2D eigenvalue weighted by molar-refractivity contribution is 5.90. The molecule has 0 aromatic rings. The van der Waals surface area contributed by atoms with E-state index in [4.69, 9.17) is 0 Å². The topological polar surface area (TPSA) is 69.7 Å². The van der Waals surface area contributed by atoms with Crippen LogP contribution in [-0.2, 0) is 14.4 Å². The summed E-state index contributed by atoms with van der Waals surface area (Å²) in [7, 11) is 1.70. The van der Waals surface area contributed by atoms with E-state index in [-0.39, 0.29) is 17.9 Å². The number of carbonyl (C=O) groups excluding carboxylic acids is 3. The number of hydrazine groups is 1. The minimum atomic E-state index is -0.492. The summed E-state index contributed by atoms with van der Waals surface area (Å²) < 4.78 is 0. The lowest BCUT2D eigenvalue weighted by Gasteiger charge is -2.41. The second kappa shape index (κ2) is 4.83. The molecule has 2 atom stereocenters. The van der Waals surface area contributed by atoms with Crippen molar-refractivity contribution < 1.29 is 14.4 Å². The van der Waals surface area contributed by atoms with Crippen molar-refractivity contribution in [3.8, 4) is 0 Å². The molecule has 17 heavy (non-hydrogen) atoms. The van der Waals surface area contributed by atoms with E-state index in [1.807, 2.05) is 0 Å². The van der Waals surface area contributed by atoms with Gasteiger partial charge in [-0.3, -0.25) is 14.6 Å². The Balaban J connectivity index is 2.31. The molecule has 0 radical (unpaired) electrons. The molecule has 2 amide bonds. The number of hydrogen-bond donors (Lipinski definition) is 1. The van der Waals surface area contributed by atoms with E-state index in [1.165, 1.54) is 10.0 Å². The quantitative estimate of drug-likeness (QED) is 0.647. The molecule has 0 aromatic heterocycles. The molecule has 2 aliphatic heterocycles. The van der Waals surface area contributed by atoms with Gasteiger partial charge < -0.3 is 10.1 Å². The van der Waals surface area contributed by atoms with Crippen molar-refractivity contribution >= 4 is 18.1 Å². The highest BCUT2D eigenvalue weighted by atomic mass is 16.2.